The van der Waals surface area contributed by atoms with E-state index in [9.17, 15) is 0 Å². The molecular formula is C8H16Si. The van der Waals surface area contributed by atoms with Crippen molar-refractivity contribution < 1.29 is 0 Å². The van der Waals surface area contributed by atoms with Crippen molar-refractivity contribution in [3.63, 3.8) is 0 Å². The number of hydrogen-bond donors (Lipinski definition) is 0. The molecule has 0 aromatic carbocycles. The molecule has 0 nitrogen and oxygen atoms in total. The fraction of sp³-hybridized carbons (Fsp3) is 0.750. The van der Waals surface area contributed by atoms with Crippen molar-refractivity contribution in [2.24, 2.45) is 0 Å². The Balaban J connectivity index is 2.60. The van der Waals surface area contributed by atoms with E-state index in [0.29, 0.717) is 0 Å². The molecule has 0 atom stereocenters. The summed E-state index contributed by atoms with van der Waals surface area (Å²) in [5.74, 6) is 0. The first-order valence-electron chi connectivity index (χ1n) is 3.81. The lowest BCUT2D eigenvalue weighted by Gasteiger charge is -2.29. The van der Waals surface area contributed by atoms with Crippen LogP contribution in [0.15, 0.2) is 11.8 Å². The van der Waals surface area contributed by atoms with Gasteiger partial charge in [0.25, 0.3) is 0 Å². The van der Waals surface area contributed by atoms with Crippen molar-refractivity contribution in [2.45, 2.75) is 38.4 Å². The molecule has 0 N–H and O–H groups in total. The van der Waals surface area contributed by atoms with Crippen LogP contribution >= 0.6 is 0 Å². The van der Waals surface area contributed by atoms with Crippen molar-refractivity contribution in [2.75, 3.05) is 0 Å². The van der Waals surface area contributed by atoms with Gasteiger partial charge in [-0.1, -0.05) is 37.2 Å². The van der Waals surface area contributed by atoms with Gasteiger partial charge in [-0.25, -0.2) is 0 Å². The van der Waals surface area contributed by atoms with Crippen molar-refractivity contribution in [3.05, 3.63) is 11.8 Å². The maximum absolute atomic E-state index is 4.13. The van der Waals surface area contributed by atoms with E-state index >= 15 is 0 Å². The summed E-state index contributed by atoms with van der Waals surface area (Å²) < 4.78 is 0. The summed E-state index contributed by atoms with van der Waals surface area (Å²) in [5.41, 5.74) is 0. The third-order valence-corrected chi connectivity index (χ3v) is 6.26. The summed E-state index contributed by atoms with van der Waals surface area (Å²) in [4.78, 5) is 0. The molecule has 0 aromatic rings. The topological polar surface area (TPSA) is 0 Å². The van der Waals surface area contributed by atoms with Crippen LogP contribution in [0.1, 0.15) is 19.3 Å². The molecule has 0 unspecified atom stereocenters. The van der Waals surface area contributed by atoms with Crippen LogP contribution in [-0.4, -0.2) is 8.07 Å². The van der Waals surface area contributed by atoms with Crippen LogP contribution in [0.25, 0.3) is 0 Å². The molecule has 0 aliphatic carbocycles. The summed E-state index contributed by atoms with van der Waals surface area (Å²) >= 11 is 0. The lowest BCUT2D eigenvalue weighted by molar-refractivity contribution is 0.762. The smallest absolute Gasteiger partial charge is 0.0747 e. The highest BCUT2D eigenvalue weighted by atomic mass is 28.3. The lowest BCUT2D eigenvalue weighted by Crippen LogP contribution is -2.30. The van der Waals surface area contributed by atoms with Crippen molar-refractivity contribution in [1.29, 1.82) is 0 Å². The number of allylic oxidation sites excluding steroid dienone is 1. The molecule has 0 spiro atoms. The van der Waals surface area contributed by atoms with Gasteiger partial charge in [0.05, 0.1) is 8.07 Å². The lowest BCUT2D eigenvalue weighted by atomic mass is 10.2. The fourth-order valence-corrected chi connectivity index (χ4v) is 3.76. The maximum Gasteiger partial charge on any atom is 0.0747 e. The van der Waals surface area contributed by atoms with Gasteiger partial charge >= 0.3 is 0 Å². The molecule has 9 heavy (non-hydrogen) atoms. The van der Waals surface area contributed by atoms with Crippen LogP contribution in [-0.2, 0) is 0 Å². The Hall–Kier alpha value is -0.0431. The standard InChI is InChI=1S/C8H16Si/c1-8-6-4-5-7-9(8,2)3/h1,4-7H2,2-3H3. The molecule has 52 valence electrons. The Bertz CT molecular complexity index is 125. The van der Waals surface area contributed by atoms with Crippen molar-refractivity contribution in [3.8, 4) is 0 Å². The van der Waals surface area contributed by atoms with E-state index in [1.165, 1.54) is 25.3 Å². The van der Waals surface area contributed by atoms with E-state index in [1.807, 2.05) is 0 Å². The zero-order valence-corrected chi connectivity index (χ0v) is 7.54. The second kappa shape index (κ2) is 2.29. The number of rotatable bonds is 0. The molecule has 0 aromatic heterocycles. The summed E-state index contributed by atoms with van der Waals surface area (Å²) in [6.45, 7) is 9.01. The highest BCUT2D eigenvalue weighted by Crippen LogP contribution is 2.30. The predicted molar refractivity (Wildman–Crippen MR) is 45.3 cm³/mol. The minimum Gasteiger partial charge on any atom is -0.104 e. The normalized spacial score (nSPS) is 26.2. The molecule has 1 saturated heterocycles. The first-order valence-corrected chi connectivity index (χ1v) is 7.02. The van der Waals surface area contributed by atoms with E-state index in [-0.39, 0.29) is 0 Å². The minimum absolute atomic E-state index is 0.888. The second-order valence-corrected chi connectivity index (χ2v) is 8.67. The van der Waals surface area contributed by atoms with Gasteiger partial charge in [-0.2, -0.15) is 0 Å². The molecule has 1 heteroatoms. The SMILES string of the molecule is C=C1CCCC[Si]1(C)C. The van der Waals surface area contributed by atoms with E-state index < -0.39 is 8.07 Å². The average molecular weight is 140 g/mol. The summed E-state index contributed by atoms with van der Waals surface area (Å²) in [5, 5.41) is 1.59. The fourth-order valence-electron chi connectivity index (χ4n) is 1.42. The molecule has 0 saturated carbocycles. The van der Waals surface area contributed by atoms with Crippen LogP contribution in [0, 0.1) is 0 Å². The molecule has 1 heterocycles. The zero-order valence-electron chi connectivity index (χ0n) is 6.54. The van der Waals surface area contributed by atoms with Gasteiger partial charge in [-0.3, -0.25) is 0 Å². The van der Waals surface area contributed by atoms with E-state index in [0.717, 1.165) is 0 Å². The Morgan fingerprint density at radius 2 is 2.00 bits per heavy atom. The maximum atomic E-state index is 4.13. The van der Waals surface area contributed by atoms with Crippen LogP contribution in [0.4, 0.5) is 0 Å². The minimum atomic E-state index is -0.888. The molecule has 1 fully saturated rings. The molecule has 0 radical (unpaired) electrons. The third kappa shape index (κ3) is 1.45. The average Bonchev–Trinajstić information content (AvgIpc) is 1.77. The second-order valence-electron chi connectivity index (χ2n) is 3.69. The Morgan fingerprint density at radius 3 is 2.33 bits per heavy atom. The summed E-state index contributed by atoms with van der Waals surface area (Å²) in [6.07, 6.45) is 4.17. The Labute approximate surface area is 59.0 Å². The molecule has 1 aliphatic heterocycles. The monoisotopic (exact) mass is 140 g/mol. The number of hydrogen-bond acceptors (Lipinski definition) is 0. The van der Waals surface area contributed by atoms with Gasteiger partial charge in [0.2, 0.25) is 0 Å². The van der Waals surface area contributed by atoms with E-state index in [1.54, 1.807) is 5.20 Å². The van der Waals surface area contributed by atoms with Gasteiger partial charge in [0, 0.05) is 0 Å². The van der Waals surface area contributed by atoms with Crippen LogP contribution in [0.3, 0.4) is 0 Å². The zero-order chi connectivity index (χ0) is 6.91. The molecular weight excluding hydrogens is 124 g/mol. The van der Waals surface area contributed by atoms with Crippen molar-refractivity contribution >= 4 is 8.07 Å². The van der Waals surface area contributed by atoms with Gasteiger partial charge in [-0.15, -0.1) is 6.58 Å². The summed E-state index contributed by atoms with van der Waals surface area (Å²) in [7, 11) is -0.888. The van der Waals surface area contributed by atoms with E-state index in [4.69, 9.17) is 0 Å². The molecule has 0 bridgehead atoms. The third-order valence-electron chi connectivity index (χ3n) is 2.49. The first-order chi connectivity index (χ1) is 4.13. The van der Waals surface area contributed by atoms with Crippen LogP contribution in [0.5, 0.6) is 0 Å². The van der Waals surface area contributed by atoms with Gasteiger partial charge in [0.1, 0.15) is 0 Å². The Morgan fingerprint density at radius 1 is 1.33 bits per heavy atom. The van der Waals surface area contributed by atoms with E-state index in [2.05, 4.69) is 19.7 Å². The Kier molecular flexibility index (Phi) is 1.80. The van der Waals surface area contributed by atoms with Gasteiger partial charge in [0.15, 0.2) is 0 Å². The van der Waals surface area contributed by atoms with Gasteiger partial charge < -0.3 is 0 Å². The molecule has 1 rings (SSSR count). The molecule has 0 amide bonds. The highest BCUT2D eigenvalue weighted by Gasteiger charge is 2.26. The van der Waals surface area contributed by atoms with Crippen LogP contribution < -0.4 is 0 Å². The molecule has 1 aliphatic rings. The first kappa shape index (κ1) is 7.07. The quantitative estimate of drug-likeness (QED) is 0.454. The summed E-state index contributed by atoms with van der Waals surface area (Å²) in [6, 6.07) is 1.48. The largest absolute Gasteiger partial charge is 0.104 e. The highest BCUT2D eigenvalue weighted by molar-refractivity contribution is 6.84. The predicted octanol–water partition coefficient (Wildman–Crippen LogP) is 2.97. The van der Waals surface area contributed by atoms with Gasteiger partial charge in [-0.05, 0) is 6.42 Å². The van der Waals surface area contributed by atoms with Crippen molar-refractivity contribution in [1.82, 2.24) is 0 Å². The van der Waals surface area contributed by atoms with Crippen LogP contribution in [0.2, 0.25) is 19.1 Å².